The Hall–Kier alpha value is -4.32. The minimum atomic E-state index is -1.30. The van der Waals surface area contributed by atoms with E-state index in [0.29, 0.717) is 41.3 Å². The van der Waals surface area contributed by atoms with Gasteiger partial charge in [0.1, 0.15) is 30.0 Å². The lowest BCUT2D eigenvalue weighted by molar-refractivity contribution is -0.135. The van der Waals surface area contributed by atoms with Gasteiger partial charge in [-0.05, 0) is 62.6 Å². The molecule has 6 atom stereocenters. The van der Waals surface area contributed by atoms with E-state index in [1.165, 1.54) is 7.11 Å². The SMILES string of the molecule is COC(=O)N[C@@H](C(=O)N1CCC[C@H]1c1ncc(C2=CC=C(C3=CC=C(c4cnc([C@@H]5CCCN5)[nH]4)C(F)C3)CC2F)[nH]1)C1C=CCCC1. The van der Waals surface area contributed by atoms with Crippen molar-refractivity contribution in [3.63, 3.8) is 0 Å². The van der Waals surface area contributed by atoms with Crippen LogP contribution in [0, 0.1) is 5.92 Å². The molecule has 5 aliphatic rings. The summed E-state index contributed by atoms with van der Waals surface area (Å²) in [4.78, 5) is 43.5. The van der Waals surface area contributed by atoms with Crippen LogP contribution in [0.4, 0.5) is 13.6 Å². The first-order chi connectivity index (χ1) is 23.4. The van der Waals surface area contributed by atoms with Crippen LogP contribution in [0.5, 0.6) is 0 Å². The number of aromatic nitrogens is 4. The van der Waals surface area contributed by atoms with Gasteiger partial charge in [-0.25, -0.2) is 23.5 Å². The van der Waals surface area contributed by atoms with Crippen LogP contribution >= 0.6 is 0 Å². The second kappa shape index (κ2) is 14.0. The summed E-state index contributed by atoms with van der Waals surface area (Å²) >= 11 is 0. The van der Waals surface area contributed by atoms with Crippen molar-refractivity contribution in [1.82, 2.24) is 35.5 Å². The number of imidazole rings is 2. The molecular weight excluding hydrogens is 616 g/mol. The standard InChI is InChI=1S/C36H43F2N7O3/c1-48-36(47)44-32(21-7-3-2-4-8-21)35(46)45-16-6-10-31(45)34-41-20-30(43-34)25-14-12-23(18-27(25)38)22-11-13-24(26(37)17-22)29-19-40-33(42-29)28-9-5-15-39-28/h3,7,11-14,19-21,26-28,31-32,39H,2,4-6,8-10,15-18H2,1H3,(H,40,42)(H,41,43)(H,44,47)/t21?,26?,27?,28-,31-,32+/m0/s1. The number of halogens is 2. The number of alkyl carbamates (subject to hydrolysis) is 1. The predicted molar refractivity (Wildman–Crippen MR) is 178 cm³/mol. The highest BCUT2D eigenvalue weighted by Gasteiger charge is 2.39. The zero-order valence-electron chi connectivity index (χ0n) is 27.2. The fourth-order valence-corrected chi connectivity index (χ4v) is 7.70. The second-order valence-corrected chi connectivity index (χ2v) is 13.3. The Morgan fingerprint density at radius 1 is 0.917 bits per heavy atom. The third-order valence-electron chi connectivity index (χ3n) is 10.3. The highest BCUT2D eigenvalue weighted by molar-refractivity contribution is 5.87. The molecule has 0 radical (unpaired) electrons. The van der Waals surface area contributed by atoms with Crippen molar-refractivity contribution in [2.75, 3.05) is 20.2 Å². The van der Waals surface area contributed by atoms with Gasteiger partial charge in [0.05, 0.1) is 43.0 Å². The Morgan fingerprint density at radius 2 is 1.60 bits per heavy atom. The number of rotatable bonds is 8. The van der Waals surface area contributed by atoms with Gasteiger partial charge in [0.25, 0.3) is 0 Å². The molecule has 10 nitrogen and oxygen atoms in total. The van der Waals surface area contributed by atoms with Crippen molar-refractivity contribution in [1.29, 1.82) is 0 Å². The lowest BCUT2D eigenvalue weighted by atomic mass is 9.85. The van der Waals surface area contributed by atoms with Gasteiger partial charge in [0, 0.05) is 36.5 Å². The molecule has 48 heavy (non-hydrogen) atoms. The molecule has 0 spiro atoms. The van der Waals surface area contributed by atoms with Crippen LogP contribution < -0.4 is 10.6 Å². The van der Waals surface area contributed by atoms with E-state index in [0.717, 1.165) is 62.0 Å². The minimum Gasteiger partial charge on any atom is -0.453 e. The average Bonchev–Trinajstić information content (AvgIpc) is 3.94. The maximum absolute atomic E-state index is 15.8. The molecule has 3 unspecified atom stereocenters. The van der Waals surface area contributed by atoms with Crippen LogP contribution in [0.2, 0.25) is 0 Å². The van der Waals surface area contributed by atoms with E-state index < -0.39 is 24.5 Å². The molecule has 0 bridgehead atoms. The lowest BCUT2D eigenvalue weighted by Gasteiger charge is -2.32. The van der Waals surface area contributed by atoms with Crippen molar-refractivity contribution >= 4 is 23.1 Å². The van der Waals surface area contributed by atoms with Crippen molar-refractivity contribution in [3.05, 3.63) is 83.0 Å². The fourth-order valence-electron chi connectivity index (χ4n) is 7.70. The predicted octanol–water partition coefficient (Wildman–Crippen LogP) is 6.11. The zero-order chi connectivity index (χ0) is 33.2. The van der Waals surface area contributed by atoms with Crippen LogP contribution in [-0.2, 0) is 9.53 Å². The molecule has 4 heterocycles. The van der Waals surface area contributed by atoms with E-state index >= 15 is 8.78 Å². The van der Waals surface area contributed by atoms with Gasteiger partial charge < -0.3 is 30.2 Å². The first-order valence-electron chi connectivity index (χ1n) is 17.1. The molecule has 2 aromatic rings. The molecule has 2 amide bonds. The first kappa shape index (κ1) is 32.2. The summed E-state index contributed by atoms with van der Waals surface area (Å²) in [5, 5.41) is 6.17. The smallest absolute Gasteiger partial charge is 0.407 e. The van der Waals surface area contributed by atoms with E-state index in [1.807, 2.05) is 18.2 Å². The van der Waals surface area contributed by atoms with Gasteiger partial charge in [-0.1, -0.05) is 36.5 Å². The topological polar surface area (TPSA) is 128 Å². The van der Waals surface area contributed by atoms with E-state index in [2.05, 4.69) is 36.6 Å². The number of methoxy groups -OCH3 is 1. The Labute approximate surface area is 278 Å². The summed E-state index contributed by atoms with van der Waals surface area (Å²) < 4.78 is 36.0. The third kappa shape index (κ3) is 6.54. The zero-order valence-corrected chi connectivity index (χ0v) is 27.2. The van der Waals surface area contributed by atoms with Crippen LogP contribution in [-0.4, -0.2) is 75.4 Å². The number of nitrogens with one attached hydrogen (secondary N) is 4. The highest BCUT2D eigenvalue weighted by atomic mass is 19.1. The van der Waals surface area contributed by atoms with Crippen LogP contribution in [0.25, 0.3) is 11.1 Å². The summed E-state index contributed by atoms with van der Waals surface area (Å²) in [6.07, 6.45) is 18.1. The van der Waals surface area contributed by atoms with Gasteiger partial charge in [0.15, 0.2) is 0 Å². The maximum Gasteiger partial charge on any atom is 0.407 e. The summed E-state index contributed by atoms with van der Waals surface area (Å²) in [7, 11) is 1.29. The Kier molecular flexibility index (Phi) is 9.43. The number of allylic oxidation sites excluding steroid dienone is 9. The number of alkyl halides is 2. The molecule has 254 valence electrons. The van der Waals surface area contributed by atoms with Crippen LogP contribution in [0.1, 0.15) is 92.9 Å². The molecular formula is C36H43F2N7O3. The number of carbonyl (C=O) groups is 2. The number of carbonyl (C=O) groups excluding carboxylic acids is 2. The molecule has 4 N–H and O–H groups in total. The van der Waals surface area contributed by atoms with Crippen molar-refractivity contribution < 1.29 is 23.1 Å². The number of hydrogen-bond acceptors (Lipinski definition) is 6. The molecule has 2 aromatic heterocycles. The van der Waals surface area contributed by atoms with Gasteiger partial charge in [0.2, 0.25) is 5.91 Å². The van der Waals surface area contributed by atoms with E-state index in [4.69, 9.17) is 4.74 Å². The van der Waals surface area contributed by atoms with E-state index in [1.54, 1.807) is 29.4 Å². The van der Waals surface area contributed by atoms with Gasteiger partial charge in [-0.2, -0.15) is 0 Å². The number of H-pyrrole nitrogens is 2. The largest absolute Gasteiger partial charge is 0.453 e. The highest BCUT2D eigenvalue weighted by Crippen LogP contribution is 2.39. The van der Waals surface area contributed by atoms with Crippen molar-refractivity contribution in [3.8, 4) is 0 Å². The average molecular weight is 660 g/mol. The number of nitrogens with zero attached hydrogens (tertiary/aromatic N) is 3. The van der Waals surface area contributed by atoms with Gasteiger partial charge in [-0.15, -0.1) is 0 Å². The summed E-state index contributed by atoms with van der Waals surface area (Å²) in [5.41, 5.74) is 3.84. The van der Waals surface area contributed by atoms with Gasteiger partial charge >= 0.3 is 6.09 Å². The normalized spacial score (nSPS) is 28.0. The fraction of sp³-hybridized carbons (Fsp3) is 0.500. The molecule has 2 saturated heterocycles. The summed E-state index contributed by atoms with van der Waals surface area (Å²) in [5.74, 6) is 1.14. The molecule has 7 rings (SSSR count). The Balaban J connectivity index is 1.05. The third-order valence-corrected chi connectivity index (χ3v) is 10.3. The van der Waals surface area contributed by atoms with Gasteiger partial charge in [-0.3, -0.25) is 4.79 Å². The van der Waals surface area contributed by atoms with Crippen LogP contribution in [0.3, 0.4) is 0 Å². The molecule has 0 saturated carbocycles. The lowest BCUT2D eigenvalue weighted by Crippen LogP contribution is -2.52. The molecule has 0 aromatic carbocycles. The first-order valence-corrected chi connectivity index (χ1v) is 17.1. The van der Waals surface area contributed by atoms with Crippen molar-refractivity contribution in [2.45, 2.75) is 88.3 Å². The molecule has 3 aliphatic carbocycles. The van der Waals surface area contributed by atoms with E-state index in [-0.39, 0.29) is 36.8 Å². The minimum absolute atomic E-state index is 0.120. The number of ether oxygens (including phenoxy) is 1. The Morgan fingerprint density at radius 3 is 2.21 bits per heavy atom. The molecule has 2 aliphatic heterocycles. The maximum atomic E-state index is 15.8. The Bertz CT molecular complexity index is 1680. The quantitative estimate of drug-likeness (QED) is 0.254. The monoisotopic (exact) mass is 659 g/mol. The second-order valence-electron chi connectivity index (χ2n) is 13.3. The number of likely N-dealkylation sites (tertiary alicyclic amines) is 1. The molecule has 2 fully saturated rings. The van der Waals surface area contributed by atoms with E-state index in [9.17, 15) is 9.59 Å². The number of aromatic amines is 2. The van der Waals surface area contributed by atoms with Crippen molar-refractivity contribution in [2.24, 2.45) is 5.92 Å². The summed E-state index contributed by atoms with van der Waals surface area (Å²) in [6.45, 7) is 1.50. The molecule has 12 heteroatoms. The number of hydrogen-bond donors (Lipinski definition) is 4. The summed E-state index contributed by atoms with van der Waals surface area (Å²) in [6, 6.07) is -0.873. The number of amides is 2. The van der Waals surface area contributed by atoms with Crippen LogP contribution in [0.15, 0.2) is 60.0 Å².